The van der Waals surface area contributed by atoms with Gasteiger partial charge in [-0.3, -0.25) is 4.79 Å². The van der Waals surface area contributed by atoms with Crippen molar-refractivity contribution in [3.8, 4) is 5.75 Å². The van der Waals surface area contributed by atoms with Crippen molar-refractivity contribution in [2.45, 2.75) is 26.3 Å². The van der Waals surface area contributed by atoms with Crippen LogP contribution < -0.4 is 15.8 Å². The third kappa shape index (κ3) is 4.61. The number of hydrogen-bond acceptors (Lipinski definition) is 4. The molecule has 0 saturated carbocycles. The summed E-state index contributed by atoms with van der Waals surface area (Å²) in [7, 11) is 1.34. The zero-order valence-corrected chi connectivity index (χ0v) is 12.9. The minimum atomic E-state index is -1.16. The van der Waals surface area contributed by atoms with Gasteiger partial charge in [-0.05, 0) is 12.0 Å². The molecule has 0 fully saturated rings. The minimum absolute atomic E-state index is 0.0700. The monoisotopic (exact) mass is 314 g/mol. The number of aromatic carboxylic acids is 1. The van der Waals surface area contributed by atoms with Crippen LogP contribution in [0, 0.1) is 5.92 Å². The van der Waals surface area contributed by atoms with Crippen LogP contribution in [0.5, 0.6) is 5.75 Å². The number of hydrogen-bond donors (Lipinski definition) is 3. The summed E-state index contributed by atoms with van der Waals surface area (Å²) in [5, 5.41) is 11.8. The fraction of sp³-hybridized carbons (Fsp3) is 0.429. The molecule has 1 aromatic carbocycles. The number of benzene rings is 1. The first-order valence-electron chi connectivity index (χ1n) is 6.42. The number of amides is 1. The lowest BCUT2D eigenvalue weighted by Gasteiger charge is -2.16. The van der Waals surface area contributed by atoms with E-state index in [4.69, 9.17) is 27.2 Å². The molecule has 0 aliphatic carbocycles. The van der Waals surface area contributed by atoms with E-state index in [0.29, 0.717) is 5.69 Å². The Hall–Kier alpha value is -1.79. The van der Waals surface area contributed by atoms with Crippen LogP contribution in [0.25, 0.3) is 0 Å². The number of ether oxygens (including phenoxy) is 1. The zero-order chi connectivity index (χ0) is 16.2. The van der Waals surface area contributed by atoms with E-state index in [1.807, 2.05) is 13.8 Å². The Labute approximate surface area is 128 Å². The maximum absolute atomic E-state index is 11.9. The van der Waals surface area contributed by atoms with E-state index in [-0.39, 0.29) is 40.6 Å². The van der Waals surface area contributed by atoms with Gasteiger partial charge in [-0.25, -0.2) is 4.79 Å². The molecule has 1 rings (SSSR count). The van der Waals surface area contributed by atoms with Crippen molar-refractivity contribution < 1.29 is 19.4 Å². The standard InChI is InChI=1S/C14H19ClN2O4/c1-7(2)10(16)5-13(18)17-11-6-12(21-3)8(14(19)20)4-9(11)15/h4,6-7,10H,5,16H2,1-3H3,(H,17,18)(H,19,20). The van der Waals surface area contributed by atoms with Gasteiger partial charge in [0.2, 0.25) is 5.91 Å². The summed E-state index contributed by atoms with van der Waals surface area (Å²) in [4.78, 5) is 22.9. The van der Waals surface area contributed by atoms with E-state index >= 15 is 0 Å². The average Bonchev–Trinajstić information content (AvgIpc) is 2.40. The fourth-order valence-corrected chi connectivity index (χ4v) is 1.85. The molecule has 1 atom stereocenters. The number of rotatable bonds is 6. The molecule has 0 heterocycles. The van der Waals surface area contributed by atoms with E-state index in [1.54, 1.807) is 0 Å². The van der Waals surface area contributed by atoms with Crippen molar-refractivity contribution in [3.63, 3.8) is 0 Å². The third-order valence-electron chi connectivity index (χ3n) is 3.07. The van der Waals surface area contributed by atoms with Gasteiger partial charge in [0, 0.05) is 18.5 Å². The highest BCUT2D eigenvalue weighted by atomic mass is 35.5. The largest absolute Gasteiger partial charge is 0.496 e. The molecule has 6 nitrogen and oxygen atoms in total. The van der Waals surface area contributed by atoms with Gasteiger partial charge in [0.05, 0.1) is 17.8 Å². The molecule has 0 aliphatic heterocycles. The summed E-state index contributed by atoms with van der Waals surface area (Å²) in [5.74, 6) is -1.15. The van der Waals surface area contributed by atoms with E-state index < -0.39 is 5.97 Å². The van der Waals surface area contributed by atoms with Gasteiger partial charge in [-0.2, -0.15) is 0 Å². The Balaban J connectivity index is 2.94. The van der Waals surface area contributed by atoms with Crippen LogP contribution in [-0.4, -0.2) is 30.1 Å². The average molecular weight is 315 g/mol. The summed E-state index contributed by atoms with van der Waals surface area (Å²) < 4.78 is 4.99. The molecule has 0 aromatic heterocycles. The molecule has 0 saturated heterocycles. The molecule has 1 amide bonds. The Bertz CT molecular complexity index is 546. The molecule has 1 unspecified atom stereocenters. The molecular weight excluding hydrogens is 296 g/mol. The molecular formula is C14H19ClN2O4. The lowest BCUT2D eigenvalue weighted by Crippen LogP contribution is -2.31. The highest BCUT2D eigenvalue weighted by Crippen LogP contribution is 2.31. The molecule has 21 heavy (non-hydrogen) atoms. The smallest absolute Gasteiger partial charge is 0.339 e. The Morgan fingerprint density at radius 1 is 1.43 bits per heavy atom. The Kier molecular flexibility index (Phi) is 5.99. The van der Waals surface area contributed by atoms with Gasteiger partial charge >= 0.3 is 5.97 Å². The van der Waals surface area contributed by atoms with Crippen LogP contribution in [0.2, 0.25) is 5.02 Å². The van der Waals surface area contributed by atoms with Gasteiger partial charge in [0.25, 0.3) is 0 Å². The lowest BCUT2D eigenvalue weighted by atomic mass is 10.0. The van der Waals surface area contributed by atoms with Crippen LogP contribution in [-0.2, 0) is 4.79 Å². The van der Waals surface area contributed by atoms with E-state index in [1.165, 1.54) is 19.2 Å². The topological polar surface area (TPSA) is 102 Å². The van der Waals surface area contributed by atoms with E-state index in [9.17, 15) is 9.59 Å². The lowest BCUT2D eigenvalue weighted by molar-refractivity contribution is -0.116. The third-order valence-corrected chi connectivity index (χ3v) is 3.38. The minimum Gasteiger partial charge on any atom is -0.496 e. The number of methoxy groups -OCH3 is 1. The summed E-state index contributed by atoms with van der Waals surface area (Å²) in [6.45, 7) is 3.85. The van der Waals surface area contributed by atoms with Gasteiger partial charge < -0.3 is 20.9 Å². The van der Waals surface area contributed by atoms with Gasteiger partial charge in [0.1, 0.15) is 11.3 Å². The summed E-state index contributed by atoms with van der Waals surface area (Å²) >= 11 is 5.98. The first-order valence-corrected chi connectivity index (χ1v) is 6.80. The second kappa shape index (κ2) is 7.28. The number of anilines is 1. The van der Waals surface area contributed by atoms with Crippen LogP contribution >= 0.6 is 11.6 Å². The van der Waals surface area contributed by atoms with Crippen LogP contribution in [0.1, 0.15) is 30.6 Å². The maximum atomic E-state index is 11.9. The van der Waals surface area contributed by atoms with Crippen molar-refractivity contribution in [2.24, 2.45) is 11.7 Å². The number of nitrogens with two attached hydrogens (primary N) is 1. The van der Waals surface area contributed by atoms with Gasteiger partial charge in [0.15, 0.2) is 0 Å². The second-order valence-corrected chi connectivity index (χ2v) is 5.40. The zero-order valence-electron chi connectivity index (χ0n) is 12.1. The highest BCUT2D eigenvalue weighted by Gasteiger charge is 2.18. The van der Waals surface area contributed by atoms with Crippen LogP contribution in [0.3, 0.4) is 0 Å². The van der Waals surface area contributed by atoms with Crippen LogP contribution in [0.15, 0.2) is 12.1 Å². The first-order chi connectivity index (χ1) is 9.76. The van der Waals surface area contributed by atoms with E-state index in [0.717, 1.165) is 0 Å². The summed E-state index contributed by atoms with van der Waals surface area (Å²) in [5.41, 5.74) is 6.05. The van der Waals surface area contributed by atoms with Gasteiger partial charge in [-0.1, -0.05) is 25.4 Å². The Morgan fingerprint density at radius 2 is 2.05 bits per heavy atom. The molecule has 4 N–H and O–H groups in total. The van der Waals surface area contributed by atoms with E-state index in [2.05, 4.69) is 5.32 Å². The number of nitrogens with one attached hydrogen (secondary N) is 1. The number of carboxylic acids is 1. The molecule has 7 heteroatoms. The fourth-order valence-electron chi connectivity index (χ4n) is 1.64. The van der Waals surface area contributed by atoms with Crippen molar-refractivity contribution in [2.75, 3.05) is 12.4 Å². The maximum Gasteiger partial charge on any atom is 0.339 e. The van der Waals surface area contributed by atoms with Crippen molar-refractivity contribution in [3.05, 3.63) is 22.7 Å². The summed E-state index contributed by atoms with van der Waals surface area (Å²) in [6, 6.07) is 2.36. The normalized spacial score (nSPS) is 12.1. The molecule has 116 valence electrons. The molecule has 0 aliphatic rings. The van der Waals surface area contributed by atoms with Crippen molar-refractivity contribution in [1.29, 1.82) is 0 Å². The number of halogens is 1. The SMILES string of the molecule is COc1cc(NC(=O)CC(N)C(C)C)c(Cl)cc1C(=O)O. The molecule has 0 spiro atoms. The number of carboxylic acid groups (broad SMARTS) is 1. The first kappa shape index (κ1) is 17.3. The molecule has 0 radical (unpaired) electrons. The van der Waals surface area contributed by atoms with Gasteiger partial charge in [-0.15, -0.1) is 0 Å². The number of carbonyl (C=O) groups is 2. The molecule has 0 bridgehead atoms. The van der Waals surface area contributed by atoms with Crippen LogP contribution in [0.4, 0.5) is 5.69 Å². The predicted octanol–water partition coefficient (Wildman–Crippen LogP) is 2.36. The number of carbonyl (C=O) groups excluding carboxylic acids is 1. The quantitative estimate of drug-likeness (QED) is 0.748. The van der Waals surface area contributed by atoms with Crippen molar-refractivity contribution in [1.82, 2.24) is 0 Å². The molecule has 1 aromatic rings. The summed E-state index contributed by atoms with van der Waals surface area (Å²) in [6.07, 6.45) is 0.150. The predicted molar refractivity (Wildman–Crippen MR) is 81.0 cm³/mol. The highest BCUT2D eigenvalue weighted by molar-refractivity contribution is 6.34. The Morgan fingerprint density at radius 3 is 2.52 bits per heavy atom. The van der Waals surface area contributed by atoms with Crippen molar-refractivity contribution >= 4 is 29.2 Å². The second-order valence-electron chi connectivity index (χ2n) is 5.00.